The highest BCUT2D eigenvalue weighted by Crippen LogP contribution is 2.35. The second kappa shape index (κ2) is 4.28. The topological polar surface area (TPSA) is 33.0 Å². The minimum absolute atomic E-state index is 0.0176. The average molecular weight is 241 g/mol. The van der Waals surface area contributed by atoms with Crippen molar-refractivity contribution in [3.8, 4) is 11.8 Å². The summed E-state index contributed by atoms with van der Waals surface area (Å²) in [5, 5.41) is 8.62. The van der Waals surface area contributed by atoms with Gasteiger partial charge in [-0.25, -0.2) is 0 Å². The van der Waals surface area contributed by atoms with Gasteiger partial charge in [-0.1, -0.05) is 0 Å². The number of ether oxygens (including phenoxy) is 1. The molecule has 2 rings (SSSR count). The summed E-state index contributed by atoms with van der Waals surface area (Å²) in [5.41, 5.74) is -1.31. The largest absolute Gasteiger partial charge is 0.490 e. The van der Waals surface area contributed by atoms with E-state index in [0.717, 1.165) is 31.4 Å². The molecule has 0 spiro atoms. The molecule has 0 bridgehead atoms. The number of nitrogens with zero attached hydrogens (tertiary/aromatic N) is 1. The molecule has 1 aromatic rings. The van der Waals surface area contributed by atoms with E-state index in [2.05, 4.69) is 0 Å². The summed E-state index contributed by atoms with van der Waals surface area (Å²) >= 11 is 0. The predicted molar refractivity (Wildman–Crippen MR) is 54.4 cm³/mol. The lowest BCUT2D eigenvalue weighted by atomic mass is 9.96. The van der Waals surface area contributed by atoms with Crippen LogP contribution in [0.25, 0.3) is 0 Å². The fraction of sp³-hybridized carbons (Fsp3) is 0.417. The van der Waals surface area contributed by atoms with Gasteiger partial charge in [-0.3, -0.25) is 0 Å². The minimum atomic E-state index is -4.52. The summed E-state index contributed by atoms with van der Waals surface area (Å²) in [7, 11) is 0. The van der Waals surface area contributed by atoms with Crippen molar-refractivity contribution in [1.82, 2.24) is 0 Å². The number of hydrogen-bond donors (Lipinski definition) is 0. The molecule has 2 nitrogen and oxygen atoms in total. The Hall–Kier alpha value is -1.70. The van der Waals surface area contributed by atoms with Gasteiger partial charge in [0.25, 0.3) is 0 Å². The molecule has 1 aliphatic carbocycles. The van der Waals surface area contributed by atoms with Gasteiger partial charge in [0, 0.05) is 0 Å². The second-order valence-electron chi connectivity index (χ2n) is 3.99. The van der Waals surface area contributed by atoms with Gasteiger partial charge in [-0.05, 0) is 37.5 Å². The van der Waals surface area contributed by atoms with Crippen LogP contribution in [0.2, 0.25) is 0 Å². The standard InChI is InChI=1S/C12H10F3NO/c13-12(14,15)11-6-10(5-4-8(11)7-16)17-9-2-1-3-9/h4-6,9H,1-3H2. The number of rotatable bonds is 2. The highest BCUT2D eigenvalue weighted by atomic mass is 19.4. The molecule has 1 aliphatic rings. The molecule has 0 unspecified atom stereocenters. The summed E-state index contributed by atoms with van der Waals surface area (Å²) in [5.74, 6) is 0.182. The van der Waals surface area contributed by atoms with Gasteiger partial charge in [-0.2, -0.15) is 18.4 Å². The first-order valence-electron chi connectivity index (χ1n) is 5.28. The van der Waals surface area contributed by atoms with Crippen LogP contribution in [-0.2, 0) is 6.18 Å². The van der Waals surface area contributed by atoms with E-state index in [1.54, 1.807) is 0 Å². The third-order valence-electron chi connectivity index (χ3n) is 2.77. The maximum atomic E-state index is 12.6. The van der Waals surface area contributed by atoms with Gasteiger partial charge in [0.05, 0.1) is 23.3 Å². The quantitative estimate of drug-likeness (QED) is 0.793. The Morgan fingerprint density at radius 3 is 2.47 bits per heavy atom. The van der Waals surface area contributed by atoms with Crippen LogP contribution in [0.15, 0.2) is 18.2 Å². The van der Waals surface area contributed by atoms with E-state index in [-0.39, 0.29) is 17.4 Å². The molecule has 0 amide bonds. The van der Waals surface area contributed by atoms with Gasteiger partial charge in [0.2, 0.25) is 0 Å². The van der Waals surface area contributed by atoms with Crippen molar-refractivity contribution in [1.29, 1.82) is 5.26 Å². The Morgan fingerprint density at radius 1 is 1.29 bits per heavy atom. The van der Waals surface area contributed by atoms with Crippen molar-refractivity contribution < 1.29 is 17.9 Å². The van der Waals surface area contributed by atoms with E-state index >= 15 is 0 Å². The average Bonchev–Trinajstić information content (AvgIpc) is 2.22. The number of nitriles is 1. The van der Waals surface area contributed by atoms with E-state index in [1.165, 1.54) is 12.1 Å². The van der Waals surface area contributed by atoms with Crippen molar-refractivity contribution in [3.63, 3.8) is 0 Å². The van der Waals surface area contributed by atoms with Crippen LogP contribution in [0.1, 0.15) is 30.4 Å². The molecular weight excluding hydrogens is 231 g/mol. The molecule has 1 fully saturated rings. The molecule has 0 saturated heterocycles. The van der Waals surface area contributed by atoms with Crippen LogP contribution in [0.3, 0.4) is 0 Å². The van der Waals surface area contributed by atoms with Crippen LogP contribution >= 0.6 is 0 Å². The molecule has 0 N–H and O–H groups in total. The highest BCUT2D eigenvalue weighted by Gasteiger charge is 2.34. The van der Waals surface area contributed by atoms with Crippen molar-refractivity contribution in [2.24, 2.45) is 0 Å². The summed E-state index contributed by atoms with van der Waals surface area (Å²) < 4.78 is 43.3. The highest BCUT2D eigenvalue weighted by molar-refractivity contribution is 5.44. The summed E-state index contributed by atoms with van der Waals surface area (Å²) in [6.07, 6.45) is -1.70. The monoisotopic (exact) mass is 241 g/mol. The molecule has 0 atom stereocenters. The van der Waals surface area contributed by atoms with Crippen LogP contribution < -0.4 is 4.74 Å². The first-order chi connectivity index (χ1) is 8.00. The van der Waals surface area contributed by atoms with E-state index in [0.29, 0.717) is 0 Å². The zero-order chi connectivity index (χ0) is 12.5. The molecule has 1 aromatic carbocycles. The minimum Gasteiger partial charge on any atom is -0.490 e. The zero-order valence-corrected chi connectivity index (χ0v) is 8.92. The number of benzene rings is 1. The second-order valence-corrected chi connectivity index (χ2v) is 3.99. The molecule has 90 valence electrons. The molecule has 0 radical (unpaired) electrons. The summed E-state index contributed by atoms with van der Waals surface area (Å²) in [6, 6.07) is 4.99. The Labute approximate surface area is 96.6 Å². The Bertz CT molecular complexity index is 458. The van der Waals surface area contributed by atoms with Gasteiger partial charge in [-0.15, -0.1) is 0 Å². The van der Waals surface area contributed by atoms with Crippen molar-refractivity contribution in [2.45, 2.75) is 31.5 Å². The molecular formula is C12H10F3NO. The lowest BCUT2D eigenvalue weighted by Crippen LogP contribution is -2.24. The van der Waals surface area contributed by atoms with E-state index in [9.17, 15) is 13.2 Å². The molecule has 1 saturated carbocycles. The van der Waals surface area contributed by atoms with E-state index in [4.69, 9.17) is 10.00 Å². The Kier molecular flexibility index (Phi) is 2.97. The first-order valence-corrected chi connectivity index (χ1v) is 5.28. The third kappa shape index (κ3) is 2.52. The predicted octanol–water partition coefficient (Wildman–Crippen LogP) is 3.51. The normalized spacial score (nSPS) is 16.1. The van der Waals surface area contributed by atoms with Crippen molar-refractivity contribution >= 4 is 0 Å². The Balaban J connectivity index is 2.28. The van der Waals surface area contributed by atoms with E-state index < -0.39 is 11.7 Å². The van der Waals surface area contributed by atoms with Crippen molar-refractivity contribution in [2.75, 3.05) is 0 Å². The molecule has 5 heteroatoms. The van der Waals surface area contributed by atoms with Crippen LogP contribution in [0.4, 0.5) is 13.2 Å². The van der Waals surface area contributed by atoms with Gasteiger partial charge in [0.1, 0.15) is 5.75 Å². The first kappa shape index (κ1) is 11.8. The number of alkyl halides is 3. The lowest BCUT2D eigenvalue weighted by Gasteiger charge is -2.26. The fourth-order valence-corrected chi connectivity index (χ4v) is 1.61. The molecule has 17 heavy (non-hydrogen) atoms. The zero-order valence-electron chi connectivity index (χ0n) is 8.92. The molecule has 0 aromatic heterocycles. The van der Waals surface area contributed by atoms with Gasteiger partial charge in [0.15, 0.2) is 0 Å². The summed E-state index contributed by atoms with van der Waals surface area (Å²) in [4.78, 5) is 0. The van der Waals surface area contributed by atoms with Crippen molar-refractivity contribution in [3.05, 3.63) is 29.3 Å². The maximum absolute atomic E-state index is 12.6. The van der Waals surface area contributed by atoms with Gasteiger partial charge < -0.3 is 4.74 Å². The number of halogens is 3. The van der Waals surface area contributed by atoms with E-state index in [1.807, 2.05) is 0 Å². The van der Waals surface area contributed by atoms with Crippen LogP contribution in [0.5, 0.6) is 5.75 Å². The molecule has 0 aliphatic heterocycles. The van der Waals surface area contributed by atoms with Crippen LogP contribution in [-0.4, -0.2) is 6.10 Å². The fourth-order valence-electron chi connectivity index (χ4n) is 1.61. The maximum Gasteiger partial charge on any atom is 0.417 e. The SMILES string of the molecule is N#Cc1ccc(OC2CCC2)cc1C(F)(F)F. The Morgan fingerprint density at radius 2 is 2.00 bits per heavy atom. The smallest absolute Gasteiger partial charge is 0.417 e. The third-order valence-corrected chi connectivity index (χ3v) is 2.77. The van der Waals surface area contributed by atoms with Gasteiger partial charge >= 0.3 is 6.18 Å². The lowest BCUT2D eigenvalue weighted by molar-refractivity contribution is -0.137. The summed E-state index contributed by atoms with van der Waals surface area (Å²) in [6.45, 7) is 0. The molecule has 0 heterocycles. The number of hydrogen-bond acceptors (Lipinski definition) is 2. The van der Waals surface area contributed by atoms with Crippen LogP contribution in [0, 0.1) is 11.3 Å².